The second kappa shape index (κ2) is 13.7. The molecule has 2 amide bonds. The van der Waals surface area contributed by atoms with Crippen LogP contribution in [0.5, 0.6) is 0 Å². The molecule has 3 aromatic rings. The van der Waals surface area contributed by atoms with Gasteiger partial charge in [0.25, 0.3) is 10.0 Å². The molecule has 0 saturated carbocycles. The summed E-state index contributed by atoms with van der Waals surface area (Å²) in [6, 6.07) is 17.9. The summed E-state index contributed by atoms with van der Waals surface area (Å²) < 4.78 is 29.9. The van der Waals surface area contributed by atoms with Crippen LogP contribution < -0.4 is 9.62 Å². The molecule has 0 aliphatic carbocycles. The van der Waals surface area contributed by atoms with Gasteiger partial charge in [0.15, 0.2) is 0 Å². The topological polar surface area (TPSA) is 86.8 Å². The van der Waals surface area contributed by atoms with Crippen molar-refractivity contribution in [2.45, 2.75) is 64.6 Å². The minimum atomic E-state index is -4.17. The lowest BCUT2D eigenvalue weighted by Crippen LogP contribution is -2.52. The SMILES string of the molecule is CC[C@H](C)NC(=O)[C@H](C)N(Cc1cccc(Br)c1)C(=O)CN(c1cccc(Cl)c1C)S(=O)(=O)c1ccc(C)cc1. The van der Waals surface area contributed by atoms with E-state index >= 15 is 0 Å². The maximum absolute atomic E-state index is 14.0. The maximum Gasteiger partial charge on any atom is 0.264 e. The van der Waals surface area contributed by atoms with Gasteiger partial charge in [0, 0.05) is 22.1 Å². The van der Waals surface area contributed by atoms with E-state index in [4.69, 9.17) is 11.6 Å². The van der Waals surface area contributed by atoms with E-state index in [1.807, 2.05) is 45.0 Å². The summed E-state index contributed by atoms with van der Waals surface area (Å²) in [6.45, 7) is 8.67. The Morgan fingerprint density at radius 1 is 1.00 bits per heavy atom. The molecule has 0 heterocycles. The molecule has 0 radical (unpaired) electrons. The Morgan fingerprint density at radius 2 is 1.65 bits per heavy atom. The summed E-state index contributed by atoms with van der Waals surface area (Å²) in [5, 5.41) is 3.31. The van der Waals surface area contributed by atoms with Crippen LogP contribution in [0.25, 0.3) is 0 Å². The first kappa shape index (κ1) is 31.6. The molecule has 0 aliphatic heterocycles. The average Bonchev–Trinajstić information content (AvgIpc) is 2.91. The first-order valence-electron chi connectivity index (χ1n) is 13.0. The van der Waals surface area contributed by atoms with E-state index in [0.29, 0.717) is 16.3 Å². The van der Waals surface area contributed by atoms with Crippen LogP contribution >= 0.6 is 27.5 Å². The third-order valence-electron chi connectivity index (χ3n) is 6.81. The number of hydrogen-bond donors (Lipinski definition) is 1. The van der Waals surface area contributed by atoms with E-state index in [1.54, 1.807) is 44.2 Å². The number of sulfonamides is 1. The molecule has 2 atom stereocenters. The van der Waals surface area contributed by atoms with Crippen molar-refractivity contribution < 1.29 is 18.0 Å². The lowest BCUT2D eigenvalue weighted by molar-refractivity contribution is -0.139. The molecule has 0 fully saturated rings. The molecule has 40 heavy (non-hydrogen) atoms. The predicted octanol–water partition coefficient (Wildman–Crippen LogP) is 6.25. The van der Waals surface area contributed by atoms with Gasteiger partial charge in [-0.05, 0) is 81.6 Å². The normalized spacial score (nSPS) is 12.9. The summed E-state index contributed by atoms with van der Waals surface area (Å²) in [5.74, 6) is -0.841. The molecule has 7 nitrogen and oxygen atoms in total. The number of amides is 2. The molecule has 0 spiro atoms. The fraction of sp³-hybridized carbons (Fsp3) is 0.333. The fourth-order valence-electron chi connectivity index (χ4n) is 4.10. The van der Waals surface area contributed by atoms with Crippen molar-refractivity contribution in [2.75, 3.05) is 10.8 Å². The Labute approximate surface area is 250 Å². The highest BCUT2D eigenvalue weighted by atomic mass is 79.9. The monoisotopic (exact) mass is 647 g/mol. The number of nitrogens with zero attached hydrogens (tertiary/aromatic N) is 2. The van der Waals surface area contributed by atoms with Crippen LogP contribution in [0.3, 0.4) is 0 Å². The van der Waals surface area contributed by atoms with Gasteiger partial charge in [-0.2, -0.15) is 0 Å². The Kier molecular flexibility index (Phi) is 10.8. The van der Waals surface area contributed by atoms with E-state index in [9.17, 15) is 18.0 Å². The zero-order valence-electron chi connectivity index (χ0n) is 23.3. The number of carbonyl (C=O) groups excluding carboxylic acids is 2. The lowest BCUT2D eigenvalue weighted by atomic mass is 10.1. The summed E-state index contributed by atoms with van der Waals surface area (Å²) >= 11 is 9.83. The zero-order chi connectivity index (χ0) is 29.6. The summed E-state index contributed by atoms with van der Waals surface area (Å²) in [7, 11) is -4.17. The number of benzene rings is 3. The minimum absolute atomic E-state index is 0.0476. The van der Waals surface area contributed by atoms with E-state index in [2.05, 4.69) is 21.2 Å². The first-order chi connectivity index (χ1) is 18.8. The Bertz CT molecular complexity index is 1460. The van der Waals surface area contributed by atoms with Gasteiger partial charge in [0.2, 0.25) is 11.8 Å². The van der Waals surface area contributed by atoms with Gasteiger partial charge in [-0.3, -0.25) is 13.9 Å². The van der Waals surface area contributed by atoms with Gasteiger partial charge in [-0.25, -0.2) is 8.42 Å². The number of halogens is 2. The molecule has 3 aromatic carbocycles. The summed E-state index contributed by atoms with van der Waals surface area (Å²) in [4.78, 5) is 28.7. The molecular formula is C30H35BrClN3O4S. The summed E-state index contributed by atoms with van der Waals surface area (Å²) in [5.41, 5.74) is 2.51. The predicted molar refractivity (Wildman–Crippen MR) is 164 cm³/mol. The van der Waals surface area contributed by atoms with Crippen molar-refractivity contribution in [1.82, 2.24) is 10.2 Å². The third kappa shape index (κ3) is 7.65. The molecule has 1 N–H and O–H groups in total. The second-order valence-electron chi connectivity index (χ2n) is 9.85. The lowest BCUT2D eigenvalue weighted by Gasteiger charge is -2.33. The highest BCUT2D eigenvalue weighted by Gasteiger charge is 2.33. The van der Waals surface area contributed by atoms with Gasteiger partial charge < -0.3 is 10.2 Å². The maximum atomic E-state index is 14.0. The fourth-order valence-corrected chi connectivity index (χ4v) is 6.19. The van der Waals surface area contributed by atoms with Crippen molar-refractivity contribution in [2.24, 2.45) is 0 Å². The average molecular weight is 649 g/mol. The van der Waals surface area contributed by atoms with Crippen LogP contribution in [-0.2, 0) is 26.2 Å². The van der Waals surface area contributed by atoms with Crippen LogP contribution in [0.4, 0.5) is 5.69 Å². The molecule has 10 heteroatoms. The van der Waals surface area contributed by atoms with E-state index < -0.39 is 28.5 Å². The Balaban J connectivity index is 2.07. The van der Waals surface area contributed by atoms with Crippen molar-refractivity contribution in [3.63, 3.8) is 0 Å². The number of carbonyl (C=O) groups is 2. The van der Waals surface area contributed by atoms with Crippen molar-refractivity contribution in [3.8, 4) is 0 Å². The molecule has 0 saturated heterocycles. The van der Waals surface area contributed by atoms with Crippen LogP contribution in [0, 0.1) is 13.8 Å². The molecule has 0 unspecified atom stereocenters. The Hall–Kier alpha value is -2.88. The second-order valence-corrected chi connectivity index (χ2v) is 13.0. The van der Waals surface area contributed by atoms with E-state index in [1.165, 1.54) is 17.0 Å². The standard InChI is InChI=1S/C30H35BrClN3O4S/c1-6-21(3)33-30(37)23(5)34(18-24-9-7-10-25(31)17-24)29(36)19-35(28-12-8-11-27(32)22(28)4)40(38,39)26-15-13-20(2)14-16-26/h7-17,21,23H,6,18-19H2,1-5H3,(H,33,37)/t21-,23-/m0/s1. The molecule has 0 aromatic heterocycles. The summed E-state index contributed by atoms with van der Waals surface area (Å²) in [6.07, 6.45) is 0.731. The quantitative estimate of drug-likeness (QED) is 0.267. The molecular weight excluding hydrogens is 614 g/mol. The number of rotatable bonds is 11. The van der Waals surface area contributed by atoms with Crippen LogP contribution in [-0.4, -0.2) is 43.8 Å². The van der Waals surface area contributed by atoms with E-state index in [-0.39, 0.29) is 23.4 Å². The van der Waals surface area contributed by atoms with Gasteiger partial charge >= 0.3 is 0 Å². The Morgan fingerprint density at radius 3 is 2.27 bits per heavy atom. The number of anilines is 1. The highest BCUT2D eigenvalue weighted by Crippen LogP contribution is 2.31. The number of hydrogen-bond acceptors (Lipinski definition) is 4. The van der Waals surface area contributed by atoms with E-state index in [0.717, 1.165) is 26.3 Å². The molecule has 3 rings (SSSR count). The van der Waals surface area contributed by atoms with Gasteiger partial charge in [-0.15, -0.1) is 0 Å². The highest BCUT2D eigenvalue weighted by molar-refractivity contribution is 9.10. The van der Waals surface area contributed by atoms with Crippen LogP contribution in [0.1, 0.15) is 43.9 Å². The van der Waals surface area contributed by atoms with Gasteiger partial charge in [0.1, 0.15) is 12.6 Å². The van der Waals surface area contributed by atoms with Crippen molar-refractivity contribution >= 4 is 55.1 Å². The van der Waals surface area contributed by atoms with Gasteiger partial charge in [0.05, 0.1) is 10.6 Å². The van der Waals surface area contributed by atoms with Crippen molar-refractivity contribution in [3.05, 3.63) is 92.9 Å². The van der Waals surface area contributed by atoms with Crippen LogP contribution in [0.2, 0.25) is 5.02 Å². The smallest absolute Gasteiger partial charge is 0.264 e. The number of aryl methyl sites for hydroxylation is 1. The van der Waals surface area contributed by atoms with Crippen LogP contribution in [0.15, 0.2) is 76.1 Å². The molecule has 0 aliphatic rings. The van der Waals surface area contributed by atoms with Crippen molar-refractivity contribution in [1.29, 1.82) is 0 Å². The zero-order valence-corrected chi connectivity index (χ0v) is 26.5. The third-order valence-corrected chi connectivity index (χ3v) is 9.48. The molecule has 214 valence electrons. The molecule has 0 bridgehead atoms. The number of nitrogens with one attached hydrogen (secondary N) is 1. The minimum Gasteiger partial charge on any atom is -0.352 e. The largest absolute Gasteiger partial charge is 0.352 e. The van der Waals surface area contributed by atoms with Gasteiger partial charge in [-0.1, -0.05) is 70.3 Å². The first-order valence-corrected chi connectivity index (χ1v) is 15.6.